The van der Waals surface area contributed by atoms with E-state index in [1.165, 1.54) is 11.1 Å². The van der Waals surface area contributed by atoms with Crippen molar-refractivity contribution in [1.29, 1.82) is 0 Å². The third-order valence-corrected chi connectivity index (χ3v) is 1.86. The van der Waals surface area contributed by atoms with Gasteiger partial charge < -0.3 is 4.98 Å². The Kier molecular flexibility index (Phi) is 3.07. The monoisotopic (exact) mass is 176 g/mol. The Morgan fingerprint density at radius 2 is 1.85 bits per heavy atom. The van der Waals surface area contributed by atoms with Crippen LogP contribution < -0.4 is 0 Å². The fraction of sp³-hybridized carbons (Fsp3) is 0.364. The van der Waals surface area contributed by atoms with E-state index in [1.807, 2.05) is 13.8 Å². The van der Waals surface area contributed by atoms with Crippen molar-refractivity contribution in [2.45, 2.75) is 27.7 Å². The summed E-state index contributed by atoms with van der Waals surface area (Å²) in [7, 11) is 0. The number of rotatable bonds is 0. The van der Waals surface area contributed by atoms with Crippen LogP contribution in [0.1, 0.15) is 25.0 Å². The number of hydrogen-bond donors (Lipinski definition) is 1. The minimum atomic E-state index is 1.08. The summed E-state index contributed by atoms with van der Waals surface area (Å²) < 4.78 is 0. The van der Waals surface area contributed by atoms with E-state index in [2.05, 4.69) is 35.9 Å². The van der Waals surface area contributed by atoms with E-state index < -0.39 is 0 Å². The lowest BCUT2D eigenvalue weighted by Gasteiger charge is -1.96. The summed E-state index contributed by atoms with van der Waals surface area (Å²) in [6, 6.07) is 4.25. The van der Waals surface area contributed by atoms with Gasteiger partial charge in [-0.05, 0) is 31.0 Å². The number of fused-ring (bicyclic) bond motifs is 1. The van der Waals surface area contributed by atoms with Crippen molar-refractivity contribution >= 4 is 11.0 Å². The fourth-order valence-electron chi connectivity index (χ4n) is 1.41. The van der Waals surface area contributed by atoms with E-state index in [1.54, 1.807) is 6.33 Å². The van der Waals surface area contributed by atoms with Gasteiger partial charge in [0.1, 0.15) is 0 Å². The second-order valence-electron chi connectivity index (χ2n) is 2.88. The lowest BCUT2D eigenvalue weighted by atomic mass is 10.1. The molecule has 0 atom stereocenters. The molecule has 1 heterocycles. The van der Waals surface area contributed by atoms with Gasteiger partial charge in [0.25, 0.3) is 0 Å². The van der Waals surface area contributed by atoms with Gasteiger partial charge in [-0.15, -0.1) is 0 Å². The summed E-state index contributed by atoms with van der Waals surface area (Å²) in [5.74, 6) is 0. The molecule has 0 amide bonds. The first kappa shape index (κ1) is 9.78. The Balaban J connectivity index is 0.000000396. The smallest absolute Gasteiger partial charge is 0.0931 e. The van der Waals surface area contributed by atoms with Crippen molar-refractivity contribution < 1.29 is 0 Å². The van der Waals surface area contributed by atoms with Crippen LogP contribution in [0.15, 0.2) is 18.5 Å². The first-order valence-corrected chi connectivity index (χ1v) is 4.68. The number of imidazole rings is 1. The van der Waals surface area contributed by atoms with Gasteiger partial charge in [-0.1, -0.05) is 19.9 Å². The van der Waals surface area contributed by atoms with E-state index in [-0.39, 0.29) is 0 Å². The molecule has 2 nitrogen and oxygen atoms in total. The molecule has 2 heteroatoms. The highest BCUT2D eigenvalue weighted by atomic mass is 14.9. The molecule has 0 radical (unpaired) electrons. The van der Waals surface area contributed by atoms with Crippen molar-refractivity contribution in [3.05, 3.63) is 29.6 Å². The van der Waals surface area contributed by atoms with Crippen LogP contribution in [0.4, 0.5) is 0 Å². The van der Waals surface area contributed by atoms with Crippen LogP contribution in [0.2, 0.25) is 0 Å². The summed E-state index contributed by atoms with van der Waals surface area (Å²) in [6.07, 6.45) is 1.73. The van der Waals surface area contributed by atoms with Crippen LogP contribution in [0.5, 0.6) is 0 Å². The van der Waals surface area contributed by atoms with Crippen molar-refractivity contribution in [1.82, 2.24) is 9.97 Å². The normalized spacial score (nSPS) is 9.54. The molecule has 1 N–H and O–H groups in total. The van der Waals surface area contributed by atoms with Gasteiger partial charge in [-0.2, -0.15) is 0 Å². The number of nitrogens with zero attached hydrogens (tertiary/aromatic N) is 1. The zero-order chi connectivity index (χ0) is 9.84. The maximum Gasteiger partial charge on any atom is 0.0931 e. The minimum absolute atomic E-state index is 1.08. The van der Waals surface area contributed by atoms with Gasteiger partial charge in [-0.3, -0.25) is 0 Å². The SMILES string of the molecule is CC.Cc1cc(C)c2nc[nH]c2c1. The maximum absolute atomic E-state index is 4.20. The molecule has 0 aliphatic carbocycles. The molecule has 2 aromatic rings. The summed E-state index contributed by atoms with van der Waals surface area (Å²) >= 11 is 0. The predicted molar refractivity (Wildman–Crippen MR) is 56.9 cm³/mol. The average molecular weight is 176 g/mol. The first-order valence-electron chi connectivity index (χ1n) is 4.68. The maximum atomic E-state index is 4.20. The number of H-pyrrole nitrogens is 1. The van der Waals surface area contributed by atoms with Gasteiger partial charge in [-0.25, -0.2) is 4.98 Å². The molecule has 70 valence electrons. The van der Waals surface area contributed by atoms with Crippen LogP contribution in [0.25, 0.3) is 11.0 Å². The van der Waals surface area contributed by atoms with Crippen LogP contribution in [-0.2, 0) is 0 Å². The minimum Gasteiger partial charge on any atom is -0.345 e. The number of aromatic amines is 1. The Hall–Kier alpha value is -1.31. The summed E-state index contributed by atoms with van der Waals surface area (Å²) in [6.45, 7) is 8.17. The molecule has 0 saturated heterocycles. The van der Waals surface area contributed by atoms with Crippen LogP contribution in [-0.4, -0.2) is 9.97 Å². The molecular formula is C11H16N2. The third kappa shape index (κ3) is 1.89. The van der Waals surface area contributed by atoms with Crippen LogP contribution in [0.3, 0.4) is 0 Å². The Labute approximate surface area is 79.0 Å². The van der Waals surface area contributed by atoms with E-state index in [9.17, 15) is 0 Å². The van der Waals surface area contributed by atoms with E-state index >= 15 is 0 Å². The summed E-state index contributed by atoms with van der Waals surface area (Å²) in [5, 5.41) is 0. The molecule has 13 heavy (non-hydrogen) atoms. The van der Waals surface area contributed by atoms with Gasteiger partial charge in [0.05, 0.1) is 17.4 Å². The molecule has 0 spiro atoms. The molecule has 1 aromatic heterocycles. The van der Waals surface area contributed by atoms with Crippen LogP contribution >= 0.6 is 0 Å². The number of aromatic nitrogens is 2. The molecule has 0 unspecified atom stereocenters. The van der Waals surface area contributed by atoms with Crippen molar-refractivity contribution in [3.8, 4) is 0 Å². The van der Waals surface area contributed by atoms with Gasteiger partial charge in [0, 0.05) is 0 Å². The van der Waals surface area contributed by atoms with E-state index in [4.69, 9.17) is 0 Å². The van der Waals surface area contributed by atoms with E-state index in [0.717, 1.165) is 11.0 Å². The van der Waals surface area contributed by atoms with Gasteiger partial charge >= 0.3 is 0 Å². The standard InChI is InChI=1S/C9H10N2.C2H6/c1-6-3-7(2)9-8(4-6)10-5-11-9;1-2/h3-5H,1-2H3,(H,10,11);1-2H3. The number of nitrogens with one attached hydrogen (secondary N) is 1. The van der Waals surface area contributed by atoms with Crippen LogP contribution in [0, 0.1) is 13.8 Å². The Bertz CT molecular complexity index is 388. The quantitative estimate of drug-likeness (QED) is 0.656. The van der Waals surface area contributed by atoms with E-state index in [0.29, 0.717) is 0 Å². The highest BCUT2D eigenvalue weighted by Crippen LogP contribution is 2.15. The van der Waals surface area contributed by atoms with Gasteiger partial charge in [0.15, 0.2) is 0 Å². The summed E-state index contributed by atoms with van der Waals surface area (Å²) in [5.41, 5.74) is 4.72. The number of benzene rings is 1. The van der Waals surface area contributed by atoms with Crippen molar-refractivity contribution in [3.63, 3.8) is 0 Å². The molecule has 0 bridgehead atoms. The molecule has 0 aliphatic rings. The Morgan fingerprint density at radius 1 is 1.15 bits per heavy atom. The average Bonchev–Trinajstić information content (AvgIpc) is 2.55. The number of aryl methyl sites for hydroxylation is 2. The number of hydrogen-bond acceptors (Lipinski definition) is 1. The lowest BCUT2D eigenvalue weighted by Crippen LogP contribution is -1.79. The van der Waals surface area contributed by atoms with Crippen molar-refractivity contribution in [2.75, 3.05) is 0 Å². The molecule has 0 fully saturated rings. The Morgan fingerprint density at radius 3 is 2.54 bits per heavy atom. The zero-order valence-corrected chi connectivity index (χ0v) is 8.68. The van der Waals surface area contributed by atoms with Gasteiger partial charge in [0.2, 0.25) is 0 Å². The molecule has 2 rings (SSSR count). The fourth-order valence-corrected chi connectivity index (χ4v) is 1.41. The topological polar surface area (TPSA) is 28.7 Å². The lowest BCUT2D eigenvalue weighted by molar-refractivity contribution is 1.34. The molecule has 0 aliphatic heterocycles. The largest absolute Gasteiger partial charge is 0.345 e. The van der Waals surface area contributed by atoms with Crippen molar-refractivity contribution in [2.24, 2.45) is 0 Å². The molecular weight excluding hydrogens is 160 g/mol. The molecule has 0 saturated carbocycles. The second-order valence-corrected chi connectivity index (χ2v) is 2.88. The molecule has 1 aromatic carbocycles. The second kappa shape index (κ2) is 4.08. The zero-order valence-electron chi connectivity index (χ0n) is 8.68. The highest BCUT2D eigenvalue weighted by Gasteiger charge is 1.98. The third-order valence-electron chi connectivity index (χ3n) is 1.86. The highest BCUT2D eigenvalue weighted by molar-refractivity contribution is 5.78. The predicted octanol–water partition coefficient (Wildman–Crippen LogP) is 3.21. The first-order chi connectivity index (χ1) is 6.27. The summed E-state index contributed by atoms with van der Waals surface area (Å²) in [4.78, 5) is 7.29.